The molecule has 6 atom stereocenters. The number of anilines is 1. The van der Waals surface area contributed by atoms with E-state index in [4.69, 9.17) is 29.0 Å². The number of esters is 1. The largest absolute Gasteiger partial charge is 0.461 e. The zero-order valence-corrected chi connectivity index (χ0v) is 25.1. The van der Waals surface area contributed by atoms with Gasteiger partial charge in [0.1, 0.15) is 60.7 Å². The van der Waals surface area contributed by atoms with Gasteiger partial charge in [0.2, 0.25) is 5.60 Å². The maximum atomic E-state index is 14.1. The molecular weight excluding hydrogens is 595 g/mol. The number of rotatable bonds is 11. The molecule has 3 heterocycles. The van der Waals surface area contributed by atoms with Crippen molar-refractivity contribution in [1.82, 2.24) is 19.7 Å². The number of fused-ring (bicyclic) bond motifs is 1. The summed E-state index contributed by atoms with van der Waals surface area (Å²) in [5, 5.41) is 38.8. The quantitative estimate of drug-likeness (QED) is 0.176. The molecule has 0 radical (unpaired) electrons. The van der Waals surface area contributed by atoms with Crippen molar-refractivity contribution in [3.63, 3.8) is 0 Å². The Morgan fingerprint density at radius 1 is 1.23 bits per heavy atom. The number of carbonyl (C=O) groups excluding carboxylic acids is 1. The molecular formula is C28H35N6O9P. The lowest BCUT2D eigenvalue weighted by Gasteiger charge is -2.30. The lowest BCUT2D eigenvalue weighted by Crippen LogP contribution is -2.46. The molecule has 1 aliphatic heterocycles. The number of nitrogens with one attached hydrogen (secondary N) is 1. The molecule has 0 spiro atoms. The van der Waals surface area contributed by atoms with Crippen molar-refractivity contribution in [1.29, 1.82) is 5.26 Å². The molecule has 2 aromatic heterocycles. The van der Waals surface area contributed by atoms with Crippen molar-refractivity contribution < 1.29 is 42.8 Å². The third-order valence-corrected chi connectivity index (χ3v) is 9.42. The van der Waals surface area contributed by atoms with E-state index < -0.39 is 50.3 Å². The molecule has 1 aliphatic carbocycles. The molecule has 3 aromatic rings. The molecule has 2 aliphatic rings. The van der Waals surface area contributed by atoms with Gasteiger partial charge in [-0.15, -0.1) is 0 Å². The van der Waals surface area contributed by atoms with Crippen LogP contribution in [0, 0.1) is 11.3 Å². The topological polar surface area (TPSA) is 213 Å². The fourth-order valence-corrected chi connectivity index (χ4v) is 6.83. The summed E-state index contributed by atoms with van der Waals surface area (Å²) in [5.74, 6) is -0.347. The van der Waals surface area contributed by atoms with Crippen LogP contribution in [0.2, 0.25) is 0 Å². The van der Waals surface area contributed by atoms with Gasteiger partial charge >= 0.3 is 13.7 Å². The number of hydrogen-bond acceptors (Lipinski definition) is 13. The van der Waals surface area contributed by atoms with E-state index in [9.17, 15) is 24.8 Å². The Hall–Kier alpha value is -3.61. The Morgan fingerprint density at radius 3 is 2.61 bits per heavy atom. The third kappa shape index (κ3) is 6.57. The van der Waals surface area contributed by atoms with E-state index in [-0.39, 0.29) is 29.5 Å². The molecule has 2 fully saturated rings. The van der Waals surface area contributed by atoms with Crippen LogP contribution in [0.4, 0.5) is 5.82 Å². The van der Waals surface area contributed by atoms with Crippen LogP contribution in [-0.2, 0) is 28.1 Å². The number of para-hydroxylation sites is 1. The number of ether oxygens (including phenoxy) is 3. The van der Waals surface area contributed by atoms with Crippen LogP contribution in [0.15, 0.2) is 48.8 Å². The first kappa shape index (κ1) is 31.8. The van der Waals surface area contributed by atoms with Crippen LogP contribution in [0.25, 0.3) is 5.52 Å². The summed E-state index contributed by atoms with van der Waals surface area (Å²) in [7, 11) is -2.79. The van der Waals surface area contributed by atoms with Gasteiger partial charge in [-0.05, 0) is 56.9 Å². The van der Waals surface area contributed by atoms with E-state index >= 15 is 0 Å². The fraction of sp³-hybridized carbons (Fsp3) is 0.500. The minimum atomic E-state index is -4.44. The molecule has 5 N–H and O–H groups in total. The molecule has 1 saturated heterocycles. The van der Waals surface area contributed by atoms with Crippen molar-refractivity contribution in [2.24, 2.45) is 0 Å². The second kappa shape index (κ2) is 13.2. The minimum absolute atomic E-state index is 0.120. The smallest absolute Gasteiger partial charge is 0.459 e. The molecule has 0 amide bonds. The van der Waals surface area contributed by atoms with Gasteiger partial charge in [-0.25, -0.2) is 14.1 Å². The first-order valence-electron chi connectivity index (χ1n) is 14.1. The number of nitrogens with zero attached hydrogens (tertiary/aromatic N) is 4. The Balaban J connectivity index is 1.33. The van der Waals surface area contributed by atoms with Crippen LogP contribution in [-0.4, -0.2) is 80.6 Å². The number of hydrogen-bond donors (Lipinski definition) is 4. The highest BCUT2D eigenvalue weighted by atomic mass is 31.2. The summed E-state index contributed by atoms with van der Waals surface area (Å²) in [6.07, 6.45) is -0.862. The van der Waals surface area contributed by atoms with Crippen LogP contribution < -0.4 is 15.3 Å². The number of aliphatic hydroxyl groups excluding tert-OH is 2. The van der Waals surface area contributed by atoms with Crippen molar-refractivity contribution in [3.8, 4) is 11.8 Å². The maximum Gasteiger partial charge on any atom is 0.459 e. The SMILES string of the molecule is COC1CCC(OC(=O)C(C)NP(=O)(OC[C@@]2(C#N)O[C@@H](c3ccc4c(N)ncnn34)[C@H](O)[C@@H]2O)Oc2ccccc2)CC1. The maximum absolute atomic E-state index is 14.1. The summed E-state index contributed by atoms with van der Waals surface area (Å²) < 4.78 is 43.7. The Kier molecular flexibility index (Phi) is 9.52. The zero-order chi connectivity index (χ0) is 31.5. The summed E-state index contributed by atoms with van der Waals surface area (Å²) in [6.45, 7) is 0.637. The van der Waals surface area contributed by atoms with Gasteiger partial charge in [0.15, 0.2) is 5.82 Å². The molecule has 1 aromatic carbocycles. The summed E-state index contributed by atoms with van der Waals surface area (Å²) >= 11 is 0. The highest BCUT2D eigenvalue weighted by Gasteiger charge is 2.57. The van der Waals surface area contributed by atoms with E-state index in [1.807, 2.05) is 6.07 Å². The minimum Gasteiger partial charge on any atom is -0.461 e. The number of nitriles is 1. The zero-order valence-electron chi connectivity index (χ0n) is 24.2. The van der Waals surface area contributed by atoms with Crippen LogP contribution in [0.5, 0.6) is 5.75 Å². The molecule has 236 valence electrons. The molecule has 16 heteroatoms. The first-order valence-corrected chi connectivity index (χ1v) is 15.7. The molecule has 2 unspecified atom stereocenters. The van der Waals surface area contributed by atoms with E-state index in [1.54, 1.807) is 37.4 Å². The molecule has 0 bridgehead atoms. The normalized spacial score (nSPS) is 29.0. The van der Waals surface area contributed by atoms with Gasteiger partial charge in [0, 0.05) is 7.11 Å². The molecule has 15 nitrogen and oxygen atoms in total. The van der Waals surface area contributed by atoms with Gasteiger partial charge in [0.25, 0.3) is 0 Å². The third-order valence-electron chi connectivity index (χ3n) is 7.80. The summed E-state index contributed by atoms with van der Waals surface area (Å²) in [4.78, 5) is 16.9. The average molecular weight is 631 g/mol. The predicted octanol–water partition coefficient (Wildman–Crippen LogP) is 2.05. The number of methoxy groups -OCH3 is 1. The number of aromatic nitrogens is 3. The molecule has 1 saturated carbocycles. The van der Waals surface area contributed by atoms with Gasteiger partial charge in [-0.1, -0.05) is 18.2 Å². The molecule has 44 heavy (non-hydrogen) atoms. The standard InChI is InChI=1S/C28H35N6O9P/c1-17(27(37)41-19-10-8-18(39-2)9-11-19)33-44(38,43-20-6-4-3-5-7-20)40-15-28(14-29)25(36)23(35)24(42-28)21-12-13-22-26(30)31-16-32-34(21)22/h3-7,12-13,16-19,23-25,35-36H,8-11,15H2,1-2H3,(H,33,38)(H2,30,31,32)/t17?,18?,19?,23-,24-,25-,28+,44?/m0/s1. The van der Waals surface area contributed by atoms with E-state index in [2.05, 4.69) is 15.2 Å². The highest BCUT2D eigenvalue weighted by Crippen LogP contribution is 2.48. The van der Waals surface area contributed by atoms with Crippen LogP contribution in [0.3, 0.4) is 0 Å². The Labute approximate surface area is 253 Å². The Bertz CT molecular complexity index is 1540. The van der Waals surface area contributed by atoms with Gasteiger partial charge in [0.05, 0.1) is 11.8 Å². The number of benzene rings is 1. The summed E-state index contributed by atoms with van der Waals surface area (Å²) in [5.41, 5.74) is 4.43. The van der Waals surface area contributed by atoms with E-state index in [0.29, 0.717) is 18.4 Å². The monoisotopic (exact) mass is 630 g/mol. The Morgan fingerprint density at radius 2 is 1.93 bits per heavy atom. The van der Waals surface area contributed by atoms with Crippen LogP contribution in [0.1, 0.15) is 44.4 Å². The van der Waals surface area contributed by atoms with Crippen molar-refractivity contribution in [2.75, 3.05) is 19.5 Å². The number of nitrogen functional groups attached to an aromatic ring is 1. The van der Waals surface area contributed by atoms with Gasteiger partial charge in [-0.2, -0.15) is 15.4 Å². The second-order valence-corrected chi connectivity index (χ2v) is 12.5. The number of carbonyl (C=O) groups is 1. The van der Waals surface area contributed by atoms with Crippen molar-refractivity contribution in [3.05, 3.63) is 54.5 Å². The van der Waals surface area contributed by atoms with Crippen molar-refractivity contribution in [2.45, 2.75) is 74.8 Å². The first-order chi connectivity index (χ1) is 21.1. The van der Waals surface area contributed by atoms with Crippen LogP contribution >= 0.6 is 7.75 Å². The summed E-state index contributed by atoms with van der Waals surface area (Å²) in [6, 6.07) is 12.0. The van der Waals surface area contributed by atoms with Gasteiger partial charge in [-0.3, -0.25) is 9.32 Å². The fourth-order valence-electron chi connectivity index (χ4n) is 5.31. The molecule has 5 rings (SSSR count). The predicted molar refractivity (Wildman–Crippen MR) is 154 cm³/mol. The lowest BCUT2D eigenvalue weighted by molar-refractivity contribution is -0.153. The van der Waals surface area contributed by atoms with E-state index in [0.717, 1.165) is 12.8 Å². The number of nitrogens with two attached hydrogens (primary N) is 1. The highest BCUT2D eigenvalue weighted by molar-refractivity contribution is 7.52. The lowest BCUT2D eigenvalue weighted by atomic mass is 9.95. The number of aliphatic hydroxyl groups is 2. The average Bonchev–Trinajstić information content (AvgIpc) is 3.56. The van der Waals surface area contributed by atoms with E-state index in [1.165, 1.54) is 29.9 Å². The van der Waals surface area contributed by atoms with Crippen molar-refractivity contribution >= 4 is 25.1 Å². The second-order valence-electron chi connectivity index (χ2n) is 10.8. The van der Waals surface area contributed by atoms with Gasteiger partial charge < -0.3 is 34.7 Å².